The van der Waals surface area contributed by atoms with Gasteiger partial charge in [0.25, 0.3) is 0 Å². The molecule has 0 spiro atoms. The lowest BCUT2D eigenvalue weighted by atomic mass is 9.98. The summed E-state index contributed by atoms with van der Waals surface area (Å²) in [5.41, 5.74) is 2.33. The molecule has 114 valence electrons. The van der Waals surface area contributed by atoms with Crippen molar-refractivity contribution in [1.82, 2.24) is 19.8 Å². The molecular weight excluding hydrogens is 278 g/mol. The SMILES string of the molecule is CCOC(=O)C1CCCN(C(=O)C(=O)Nn2cnnc2)C1. The third kappa shape index (κ3) is 3.77. The molecule has 1 aromatic rings. The summed E-state index contributed by atoms with van der Waals surface area (Å²) in [5, 5.41) is 7.03. The number of piperidine rings is 1. The molecule has 0 saturated carbocycles. The Morgan fingerprint density at radius 1 is 1.33 bits per heavy atom. The number of ether oxygens (including phenoxy) is 1. The van der Waals surface area contributed by atoms with Crippen molar-refractivity contribution in [2.75, 3.05) is 25.1 Å². The van der Waals surface area contributed by atoms with Gasteiger partial charge < -0.3 is 9.64 Å². The number of carbonyl (C=O) groups is 3. The van der Waals surface area contributed by atoms with E-state index in [0.29, 0.717) is 26.0 Å². The van der Waals surface area contributed by atoms with Crippen molar-refractivity contribution < 1.29 is 19.1 Å². The number of hydrogen-bond acceptors (Lipinski definition) is 6. The first kappa shape index (κ1) is 14.9. The first-order chi connectivity index (χ1) is 10.1. The standard InChI is InChI=1S/C12H17N5O4/c1-2-21-12(20)9-4-3-5-16(6-9)11(19)10(18)15-17-7-13-14-8-17/h7-9H,2-6H2,1H3,(H,15,18). The molecule has 2 amide bonds. The molecule has 0 aliphatic carbocycles. The van der Waals surface area contributed by atoms with E-state index in [1.807, 2.05) is 0 Å². The van der Waals surface area contributed by atoms with E-state index in [1.54, 1.807) is 6.92 Å². The van der Waals surface area contributed by atoms with Gasteiger partial charge in [-0.2, -0.15) is 0 Å². The highest BCUT2D eigenvalue weighted by Gasteiger charge is 2.32. The van der Waals surface area contributed by atoms with Crippen LogP contribution in [0.25, 0.3) is 0 Å². The Kier molecular flexibility index (Phi) is 4.85. The predicted octanol–water partition coefficient (Wildman–Crippen LogP) is -0.850. The summed E-state index contributed by atoms with van der Waals surface area (Å²) in [6, 6.07) is 0. The highest BCUT2D eigenvalue weighted by molar-refractivity contribution is 6.38. The largest absolute Gasteiger partial charge is 0.466 e. The Labute approximate surface area is 121 Å². The number of rotatable bonds is 3. The second-order valence-corrected chi connectivity index (χ2v) is 4.65. The topological polar surface area (TPSA) is 106 Å². The molecule has 1 saturated heterocycles. The van der Waals surface area contributed by atoms with Crippen LogP contribution in [0.3, 0.4) is 0 Å². The van der Waals surface area contributed by atoms with Gasteiger partial charge in [0.1, 0.15) is 12.7 Å². The van der Waals surface area contributed by atoms with Gasteiger partial charge >= 0.3 is 17.8 Å². The van der Waals surface area contributed by atoms with Crippen molar-refractivity contribution >= 4 is 17.8 Å². The van der Waals surface area contributed by atoms with Crippen LogP contribution in [0.4, 0.5) is 0 Å². The summed E-state index contributed by atoms with van der Waals surface area (Å²) < 4.78 is 6.14. The van der Waals surface area contributed by atoms with Crippen molar-refractivity contribution in [1.29, 1.82) is 0 Å². The molecule has 2 heterocycles. The molecule has 1 aliphatic heterocycles. The van der Waals surface area contributed by atoms with Gasteiger partial charge in [-0.3, -0.25) is 19.8 Å². The van der Waals surface area contributed by atoms with Crippen LogP contribution in [-0.2, 0) is 19.1 Å². The van der Waals surface area contributed by atoms with Gasteiger partial charge in [-0.05, 0) is 19.8 Å². The molecule has 1 fully saturated rings. The number of amides is 2. The Morgan fingerprint density at radius 3 is 2.71 bits per heavy atom. The number of carbonyl (C=O) groups excluding carboxylic acids is 3. The fourth-order valence-corrected chi connectivity index (χ4v) is 2.18. The van der Waals surface area contributed by atoms with Crippen LogP contribution in [0.5, 0.6) is 0 Å². The van der Waals surface area contributed by atoms with Crippen LogP contribution in [0.2, 0.25) is 0 Å². The fourth-order valence-electron chi connectivity index (χ4n) is 2.18. The van der Waals surface area contributed by atoms with E-state index in [4.69, 9.17) is 4.74 Å². The van der Waals surface area contributed by atoms with Gasteiger partial charge in [-0.25, -0.2) is 4.68 Å². The van der Waals surface area contributed by atoms with E-state index in [9.17, 15) is 14.4 Å². The lowest BCUT2D eigenvalue weighted by Gasteiger charge is -2.30. The van der Waals surface area contributed by atoms with Crippen molar-refractivity contribution in [3.05, 3.63) is 12.7 Å². The van der Waals surface area contributed by atoms with Gasteiger partial charge in [-0.15, -0.1) is 10.2 Å². The average molecular weight is 295 g/mol. The summed E-state index contributed by atoms with van der Waals surface area (Å²) >= 11 is 0. The maximum Gasteiger partial charge on any atom is 0.328 e. The number of likely N-dealkylation sites (tertiary alicyclic amines) is 1. The van der Waals surface area contributed by atoms with E-state index in [0.717, 1.165) is 0 Å². The Balaban J connectivity index is 1.92. The predicted molar refractivity (Wildman–Crippen MR) is 70.3 cm³/mol. The van der Waals surface area contributed by atoms with E-state index in [-0.39, 0.29) is 18.4 Å². The summed E-state index contributed by atoms with van der Waals surface area (Å²) in [4.78, 5) is 37.0. The monoisotopic (exact) mass is 295 g/mol. The smallest absolute Gasteiger partial charge is 0.328 e. The second kappa shape index (κ2) is 6.82. The van der Waals surface area contributed by atoms with Crippen LogP contribution in [0.15, 0.2) is 12.7 Å². The summed E-state index contributed by atoms with van der Waals surface area (Å²) in [7, 11) is 0. The highest BCUT2D eigenvalue weighted by Crippen LogP contribution is 2.18. The minimum Gasteiger partial charge on any atom is -0.466 e. The van der Waals surface area contributed by atoms with E-state index in [2.05, 4.69) is 15.6 Å². The molecule has 1 N–H and O–H groups in total. The minimum absolute atomic E-state index is 0.202. The van der Waals surface area contributed by atoms with E-state index >= 15 is 0 Å². The van der Waals surface area contributed by atoms with E-state index < -0.39 is 11.8 Å². The van der Waals surface area contributed by atoms with Crippen LogP contribution in [0, 0.1) is 5.92 Å². The van der Waals surface area contributed by atoms with Crippen molar-refractivity contribution in [2.24, 2.45) is 5.92 Å². The molecule has 1 unspecified atom stereocenters. The first-order valence-corrected chi connectivity index (χ1v) is 6.73. The Morgan fingerprint density at radius 2 is 2.05 bits per heavy atom. The molecule has 0 radical (unpaired) electrons. The normalized spacial score (nSPS) is 18.1. The van der Waals surface area contributed by atoms with Crippen LogP contribution in [0.1, 0.15) is 19.8 Å². The molecule has 1 aliphatic rings. The molecule has 0 aromatic carbocycles. The van der Waals surface area contributed by atoms with Crippen LogP contribution in [-0.4, -0.2) is 57.3 Å². The number of nitrogens with zero attached hydrogens (tertiary/aromatic N) is 4. The molecule has 21 heavy (non-hydrogen) atoms. The summed E-state index contributed by atoms with van der Waals surface area (Å²) in [6.45, 7) is 2.69. The molecule has 2 rings (SSSR count). The first-order valence-electron chi connectivity index (χ1n) is 6.73. The zero-order valence-corrected chi connectivity index (χ0v) is 11.7. The lowest BCUT2D eigenvalue weighted by molar-refractivity contribution is -0.153. The maximum absolute atomic E-state index is 12.1. The van der Waals surface area contributed by atoms with Gasteiger partial charge in [0.15, 0.2) is 0 Å². The van der Waals surface area contributed by atoms with Crippen molar-refractivity contribution in [3.63, 3.8) is 0 Å². The third-order valence-electron chi connectivity index (χ3n) is 3.17. The second-order valence-electron chi connectivity index (χ2n) is 4.65. The minimum atomic E-state index is -0.792. The zero-order chi connectivity index (χ0) is 15.2. The number of aromatic nitrogens is 3. The third-order valence-corrected chi connectivity index (χ3v) is 3.17. The molecular formula is C12H17N5O4. The van der Waals surface area contributed by atoms with Gasteiger partial charge in [0.2, 0.25) is 0 Å². The summed E-state index contributed by atoms with van der Waals surface area (Å²) in [5.74, 6) is -2.17. The average Bonchev–Trinajstić information content (AvgIpc) is 2.99. The van der Waals surface area contributed by atoms with Gasteiger partial charge in [-0.1, -0.05) is 0 Å². The maximum atomic E-state index is 12.1. The van der Waals surface area contributed by atoms with Gasteiger partial charge in [0.05, 0.1) is 12.5 Å². The number of esters is 1. The quantitative estimate of drug-likeness (QED) is 0.575. The summed E-state index contributed by atoms with van der Waals surface area (Å²) in [6.07, 6.45) is 3.86. The molecule has 1 aromatic heterocycles. The van der Waals surface area contributed by atoms with Crippen molar-refractivity contribution in [2.45, 2.75) is 19.8 Å². The Bertz CT molecular complexity index is 516. The number of nitrogens with one attached hydrogen (secondary N) is 1. The Hall–Kier alpha value is -2.45. The van der Waals surface area contributed by atoms with Gasteiger partial charge in [0, 0.05) is 13.1 Å². The van der Waals surface area contributed by atoms with Crippen LogP contribution < -0.4 is 5.43 Å². The van der Waals surface area contributed by atoms with Crippen LogP contribution >= 0.6 is 0 Å². The molecule has 9 heteroatoms. The number of hydrogen-bond donors (Lipinski definition) is 1. The molecule has 1 atom stereocenters. The fraction of sp³-hybridized carbons (Fsp3) is 0.583. The van der Waals surface area contributed by atoms with E-state index in [1.165, 1.54) is 22.2 Å². The molecule has 0 bridgehead atoms. The zero-order valence-electron chi connectivity index (χ0n) is 11.7. The molecule has 9 nitrogen and oxygen atoms in total. The lowest BCUT2D eigenvalue weighted by Crippen LogP contribution is -2.48. The highest BCUT2D eigenvalue weighted by atomic mass is 16.5. The van der Waals surface area contributed by atoms with Crippen molar-refractivity contribution in [3.8, 4) is 0 Å².